The molecule has 2 nitrogen and oxygen atoms in total. The van der Waals surface area contributed by atoms with Crippen LogP contribution in [0.15, 0.2) is 34.9 Å². The van der Waals surface area contributed by atoms with Crippen molar-refractivity contribution in [2.45, 2.75) is 31.3 Å². The number of rotatable bonds is 2. The molecule has 3 rings (SSSR count). The first-order chi connectivity index (χ1) is 9.08. The third-order valence-corrected chi connectivity index (χ3v) is 3.72. The average Bonchev–Trinajstić information content (AvgIpc) is 2.84. The molecule has 0 saturated heterocycles. The van der Waals surface area contributed by atoms with Crippen molar-refractivity contribution in [1.29, 1.82) is 0 Å². The minimum atomic E-state index is -1.05. The van der Waals surface area contributed by atoms with Crippen LogP contribution in [0.2, 0.25) is 0 Å². The summed E-state index contributed by atoms with van der Waals surface area (Å²) >= 11 is 0. The molecule has 0 saturated carbocycles. The van der Waals surface area contributed by atoms with Crippen molar-refractivity contribution >= 4 is 0 Å². The van der Waals surface area contributed by atoms with Crippen molar-refractivity contribution in [2.24, 2.45) is 0 Å². The van der Waals surface area contributed by atoms with Gasteiger partial charge in [-0.25, -0.2) is 8.78 Å². The van der Waals surface area contributed by atoms with Crippen LogP contribution in [-0.2, 0) is 18.4 Å². The summed E-state index contributed by atoms with van der Waals surface area (Å²) < 4.78 is 31.5. The highest BCUT2D eigenvalue weighted by molar-refractivity contribution is 5.31. The summed E-state index contributed by atoms with van der Waals surface area (Å²) in [5, 5.41) is 10.7. The second-order valence-electron chi connectivity index (χ2n) is 5.07. The predicted octanol–water partition coefficient (Wildman–Crippen LogP) is 3.32. The number of aliphatic hydroxyl groups is 1. The fraction of sp³-hybridized carbons (Fsp3) is 0.333. The molecule has 1 aromatic carbocycles. The molecule has 1 unspecified atom stereocenters. The second kappa shape index (κ2) is 4.46. The van der Waals surface area contributed by atoms with Gasteiger partial charge >= 0.3 is 0 Å². The fourth-order valence-electron chi connectivity index (χ4n) is 2.80. The van der Waals surface area contributed by atoms with E-state index in [0.717, 1.165) is 36.3 Å². The topological polar surface area (TPSA) is 33.4 Å². The summed E-state index contributed by atoms with van der Waals surface area (Å²) in [7, 11) is 0. The molecule has 19 heavy (non-hydrogen) atoms. The maximum atomic E-state index is 13.2. The van der Waals surface area contributed by atoms with Crippen molar-refractivity contribution in [3.63, 3.8) is 0 Å². The van der Waals surface area contributed by atoms with Crippen molar-refractivity contribution in [1.82, 2.24) is 0 Å². The molecule has 0 radical (unpaired) electrons. The number of halogens is 2. The summed E-state index contributed by atoms with van der Waals surface area (Å²) in [6.45, 7) is 0. The first-order valence-corrected chi connectivity index (χ1v) is 6.32. The highest BCUT2D eigenvalue weighted by Gasteiger charge is 2.36. The fourth-order valence-corrected chi connectivity index (χ4v) is 2.80. The number of aryl methyl sites for hydroxylation is 1. The van der Waals surface area contributed by atoms with Crippen LogP contribution in [0.25, 0.3) is 0 Å². The molecule has 0 bridgehead atoms. The smallest absolute Gasteiger partial charge is 0.159 e. The third kappa shape index (κ3) is 2.16. The Bertz CT molecular complexity index is 606. The van der Waals surface area contributed by atoms with E-state index in [1.165, 1.54) is 6.07 Å². The lowest BCUT2D eigenvalue weighted by Gasteiger charge is -2.31. The SMILES string of the molecule is OC1(Cc2ccc(F)c(F)c2)CCCc2occc21. The van der Waals surface area contributed by atoms with Crippen LogP contribution in [0, 0.1) is 11.6 Å². The van der Waals surface area contributed by atoms with Gasteiger partial charge in [0.25, 0.3) is 0 Å². The predicted molar refractivity (Wildman–Crippen MR) is 65.6 cm³/mol. The Morgan fingerprint density at radius 2 is 2.05 bits per heavy atom. The van der Waals surface area contributed by atoms with Gasteiger partial charge in [-0.15, -0.1) is 0 Å². The minimum absolute atomic E-state index is 0.261. The normalized spacial score (nSPS) is 22.3. The van der Waals surface area contributed by atoms with E-state index in [-0.39, 0.29) is 6.42 Å². The first kappa shape index (κ1) is 12.4. The van der Waals surface area contributed by atoms with E-state index in [9.17, 15) is 13.9 Å². The number of fused-ring (bicyclic) bond motifs is 1. The first-order valence-electron chi connectivity index (χ1n) is 6.32. The number of benzene rings is 1. The quantitative estimate of drug-likeness (QED) is 0.902. The Hall–Kier alpha value is -1.68. The lowest BCUT2D eigenvalue weighted by Crippen LogP contribution is -2.32. The van der Waals surface area contributed by atoms with E-state index >= 15 is 0 Å². The second-order valence-corrected chi connectivity index (χ2v) is 5.07. The van der Waals surface area contributed by atoms with E-state index in [0.29, 0.717) is 12.0 Å². The lowest BCUT2D eigenvalue weighted by molar-refractivity contribution is 0.0168. The van der Waals surface area contributed by atoms with Crippen LogP contribution in [0.3, 0.4) is 0 Å². The molecular weight excluding hydrogens is 250 g/mol. The summed E-state index contributed by atoms with van der Waals surface area (Å²) in [6.07, 6.45) is 4.05. The van der Waals surface area contributed by atoms with Gasteiger partial charge in [0.15, 0.2) is 11.6 Å². The molecule has 1 aromatic heterocycles. The number of hydrogen-bond acceptors (Lipinski definition) is 2. The van der Waals surface area contributed by atoms with Gasteiger partial charge in [-0.1, -0.05) is 6.07 Å². The minimum Gasteiger partial charge on any atom is -0.469 e. The van der Waals surface area contributed by atoms with Gasteiger partial charge in [-0.3, -0.25) is 0 Å². The van der Waals surface area contributed by atoms with Gasteiger partial charge in [0.1, 0.15) is 5.76 Å². The van der Waals surface area contributed by atoms with E-state index in [2.05, 4.69) is 0 Å². The van der Waals surface area contributed by atoms with Gasteiger partial charge in [0.05, 0.1) is 11.9 Å². The van der Waals surface area contributed by atoms with Crippen LogP contribution < -0.4 is 0 Å². The molecular formula is C15H14F2O2. The monoisotopic (exact) mass is 264 g/mol. The van der Waals surface area contributed by atoms with E-state index in [1.807, 2.05) is 0 Å². The molecule has 1 aliphatic rings. The van der Waals surface area contributed by atoms with Crippen molar-refractivity contribution in [3.8, 4) is 0 Å². The summed E-state index contributed by atoms with van der Waals surface area (Å²) in [5.41, 5.74) is 0.295. The van der Waals surface area contributed by atoms with Gasteiger partial charge in [-0.2, -0.15) is 0 Å². The third-order valence-electron chi connectivity index (χ3n) is 3.72. The Labute approximate surface area is 109 Å². The van der Waals surface area contributed by atoms with Crippen molar-refractivity contribution in [2.75, 3.05) is 0 Å². The standard InChI is InChI=1S/C15H14F2O2/c16-12-4-3-10(8-13(12)17)9-15(18)6-1-2-14-11(15)5-7-19-14/h3-5,7-8,18H,1-2,6,9H2. The van der Waals surface area contributed by atoms with Crippen LogP contribution in [0.5, 0.6) is 0 Å². The molecule has 0 aliphatic heterocycles. The maximum Gasteiger partial charge on any atom is 0.159 e. The van der Waals surface area contributed by atoms with Crippen molar-refractivity contribution < 1.29 is 18.3 Å². The lowest BCUT2D eigenvalue weighted by atomic mass is 9.79. The molecule has 4 heteroatoms. The zero-order chi connectivity index (χ0) is 13.5. The van der Waals surface area contributed by atoms with Gasteiger partial charge in [-0.05, 0) is 36.6 Å². The number of hydrogen-bond donors (Lipinski definition) is 1. The maximum absolute atomic E-state index is 13.2. The number of furan rings is 1. The van der Waals surface area contributed by atoms with Gasteiger partial charge in [0, 0.05) is 18.4 Å². The zero-order valence-electron chi connectivity index (χ0n) is 10.3. The van der Waals surface area contributed by atoms with E-state index < -0.39 is 17.2 Å². The Balaban J connectivity index is 1.93. The van der Waals surface area contributed by atoms with E-state index in [1.54, 1.807) is 12.3 Å². The van der Waals surface area contributed by atoms with Crippen LogP contribution in [0.4, 0.5) is 8.78 Å². The molecule has 1 heterocycles. The van der Waals surface area contributed by atoms with Crippen LogP contribution in [-0.4, -0.2) is 5.11 Å². The molecule has 100 valence electrons. The summed E-state index contributed by atoms with van der Waals surface area (Å²) in [4.78, 5) is 0. The molecule has 0 amide bonds. The van der Waals surface area contributed by atoms with Crippen LogP contribution >= 0.6 is 0 Å². The Morgan fingerprint density at radius 3 is 2.84 bits per heavy atom. The molecule has 0 fully saturated rings. The Kier molecular flexibility index (Phi) is 2.90. The average molecular weight is 264 g/mol. The molecule has 1 N–H and O–H groups in total. The molecule has 0 spiro atoms. The summed E-state index contributed by atoms with van der Waals surface area (Å²) in [6, 6.07) is 5.49. The van der Waals surface area contributed by atoms with Crippen molar-refractivity contribution in [3.05, 3.63) is 59.1 Å². The largest absolute Gasteiger partial charge is 0.469 e. The zero-order valence-corrected chi connectivity index (χ0v) is 10.3. The highest BCUT2D eigenvalue weighted by Crippen LogP contribution is 2.38. The van der Waals surface area contributed by atoms with Gasteiger partial charge in [0.2, 0.25) is 0 Å². The van der Waals surface area contributed by atoms with Crippen LogP contribution in [0.1, 0.15) is 29.7 Å². The molecule has 1 atom stereocenters. The van der Waals surface area contributed by atoms with E-state index in [4.69, 9.17) is 4.42 Å². The molecule has 2 aromatic rings. The Morgan fingerprint density at radius 1 is 1.21 bits per heavy atom. The highest BCUT2D eigenvalue weighted by atomic mass is 19.2. The van der Waals surface area contributed by atoms with Gasteiger partial charge < -0.3 is 9.52 Å². The summed E-state index contributed by atoms with van der Waals surface area (Å²) in [5.74, 6) is -0.968. The molecule has 1 aliphatic carbocycles.